The standard InChI is InChI=1S/C21H24N2O2/c1-3-13-22(2)21(25)20-18-12-8-7-11-17(18)14-19(24)23(20)15-16-9-5-4-6-10-16/h4-12,20H,3,13-15H2,1-2H3/t20-/m0/s1. The molecule has 0 radical (unpaired) electrons. The van der Waals surface area contributed by atoms with Crippen LogP contribution < -0.4 is 0 Å². The van der Waals surface area contributed by atoms with E-state index in [0.29, 0.717) is 19.5 Å². The van der Waals surface area contributed by atoms with Crippen LogP contribution in [-0.4, -0.2) is 35.2 Å². The monoisotopic (exact) mass is 336 g/mol. The highest BCUT2D eigenvalue weighted by Gasteiger charge is 2.38. The first kappa shape index (κ1) is 17.2. The second-order valence-corrected chi connectivity index (χ2v) is 6.55. The summed E-state index contributed by atoms with van der Waals surface area (Å²) in [4.78, 5) is 29.4. The van der Waals surface area contributed by atoms with Crippen molar-refractivity contribution in [1.82, 2.24) is 9.80 Å². The van der Waals surface area contributed by atoms with Crippen molar-refractivity contribution < 1.29 is 9.59 Å². The quantitative estimate of drug-likeness (QED) is 0.841. The molecule has 2 aromatic rings. The van der Waals surface area contributed by atoms with E-state index in [9.17, 15) is 9.59 Å². The van der Waals surface area contributed by atoms with Gasteiger partial charge in [0.1, 0.15) is 6.04 Å². The minimum Gasteiger partial charge on any atom is -0.344 e. The molecule has 1 aliphatic heterocycles. The maximum absolute atomic E-state index is 13.1. The van der Waals surface area contributed by atoms with E-state index in [1.54, 1.807) is 9.80 Å². The zero-order valence-electron chi connectivity index (χ0n) is 14.8. The van der Waals surface area contributed by atoms with Gasteiger partial charge in [0.05, 0.1) is 6.42 Å². The fourth-order valence-electron chi connectivity index (χ4n) is 3.42. The van der Waals surface area contributed by atoms with Crippen molar-refractivity contribution >= 4 is 11.8 Å². The van der Waals surface area contributed by atoms with Crippen LogP contribution in [0.4, 0.5) is 0 Å². The summed E-state index contributed by atoms with van der Waals surface area (Å²) in [6, 6.07) is 17.1. The van der Waals surface area contributed by atoms with E-state index in [1.165, 1.54) is 0 Å². The van der Waals surface area contributed by atoms with Crippen molar-refractivity contribution in [2.24, 2.45) is 0 Å². The van der Waals surface area contributed by atoms with Crippen molar-refractivity contribution in [3.05, 3.63) is 71.3 Å². The van der Waals surface area contributed by atoms with E-state index >= 15 is 0 Å². The molecule has 0 aromatic heterocycles. The maximum Gasteiger partial charge on any atom is 0.249 e. The zero-order chi connectivity index (χ0) is 17.8. The van der Waals surface area contributed by atoms with Gasteiger partial charge in [-0.2, -0.15) is 0 Å². The number of hydrogen-bond acceptors (Lipinski definition) is 2. The molecule has 0 bridgehead atoms. The Bertz CT molecular complexity index is 758. The Labute approximate surface area is 149 Å². The second-order valence-electron chi connectivity index (χ2n) is 6.55. The van der Waals surface area contributed by atoms with Crippen LogP contribution in [0.3, 0.4) is 0 Å². The van der Waals surface area contributed by atoms with Gasteiger partial charge in [-0.15, -0.1) is 0 Å². The lowest BCUT2D eigenvalue weighted by atomic mass is 9.90. The molecule has 0 unspecified atom stereocenters. The van der Waals surface area contributed by atoms with Crippen molar-refractivity contribution in [3.8, 4) is 0 Å². The number of benzene rings is 2. The molecule has 25 heavy (non-hydrogen) atoms. The van der Waals surface area contributed by atoms with E-state index in [4.69, 9.17) is 0 Å². The second kappa shape index (κ2) is 7.51. The molecule has 0 N–H and O–H groups in total. The number of hydrogen-bond donors (Lipinski definition) is 0. The number of carbonyl (C=O) groups excluding carboxylic acids is 2. The van der Waals surface area contributed by atoms with Crippen LogP contribution in [0.5, 0.6) is 0 Å². The first-order valence-electron chi connectivity index (χ1n) is 8.78. The summed E-state index contributed by atoms with van der Waals surface area (Å²) >= 11 is 0. The molecule has 0 fully saturated rings. The van der Waals surface area contributed by atoms with E-state index in [1.807, 2.05) is 68.6 Å². The fraction of sp³-hybridized carbons (Fsp3) is 0.333. The summed E-state index contributed by atoms with van der Waals surface area (Å²) in [5.74, 6) is -0.0101. The molecule has 2 amide bonds. The van der Waals surface area contributed by atoms with Gasteiger partial charge in [-0.3, -0.25) is 9.59 Å². The summed E-state index contributed by atoms with van der Waals surface area (Å²) in [6.45, 7) is 3.18. The third-order valence-corrected chi connectivity index (χ3v) is 4.69. The van der Waals surface area contributed by atoms with Crippen LogP contribution in [0.1, 0.15) is 36.1 Å². The Kier molecular flexibility index (Phi) is 5.17. The predicted molar refractivity (Wildman–Crippen MR) is 97.8 cm³/mol. The minimum absolute atomic E-state index is 0.00537. The lowest BCUT2D eigenvalue weighted by Gasteiger charge is -2.38. The Morgan fingerprint density at radius 1 is 1.12 bits per heavy atom. The highest BCUT2D eigenvalue weighted by atomic mass is 16.2. The van der Waals surface area contributed by atoms with Crippen LogP contribution in [0.15, 0.2) is 54.6 Å². The Morgan fingerprint density at radius 2 is 1.80 bits per heavy atom. The van der Waals surface area contributed by atoms with E-state index in [-0.39, 0.29) is 11.8 Å². The van der Waals surface area contributed by atoms with Crippen molar-refractivity contribution in [2.45, 2.75) is 32.4 Å². The van der Waals surface area contributed by atoms with Crippen molar-refractivity contribution in [3.63, 3.8) is 0 Å². The van der Waals surface area contributed by atoms with Crippen LogP contribution in [0.2, 0.25) is 0 Å². The predicted octanol–water partition coefficient (Wildman–Crippen LogP) is 3.18. The summed E-state index contributed by atoms with van der Waals surface area (Å²) in [5.41, 5.74) is 2.94. The van der Waals surface area contributed by atoms with Gasteiger partial charge >= 0.3 is 0 Å². The number of amides is 2. The third kappa shape index (κ3) is 3.58. The summed E-state index contributed by atoms with van der Waals surface area (Å²) < 4.78 is 0. The zero-order valence-corrected chi connectivity index (χ0v) is 14.8. The lowest BCUT2D eigenvalue weighted by molar-refractivity contribution is -0.147. The van der Waals surface area contributed by atoms with Gasteiger partial charge in [-0.25, -0.2) is 0 Å². The molecule has 1 atom stereocenters. The number of nitrogens with zero attached hydrogens (tertiary/aromatic N) is 2. The van der Waals surface area contributed by atoms with Gasteiger partial charge in [-0.1, -0.05) is 61.5 Å². The lowest BCUT2D eigenvalue weighted by Crippen LogP contribution is -2.47. The van der Waals surface area contributed by atoms with Crippen molar-refractivity contribution in [2.75, 3.05) is 13.6 Å². The summed E-state index contributed by atoms with van der Waals surface area (Å²) in [6.07, 6.45) is 1.24. The summed E-state index contributed by atoms with van der Waals surface area (Å²) in [5, 5.41) is 0. The van der Waals surface area contributed by atoms with Gasteiger partial charge in [0.15, 0.2) is 0 Å². The Hall–Kier alpha value is -2.62. The average molecular weight is 336 g/mol. The first-order chi connectivity index (χ1) is 12.1. The SMILES string of the molecule is CCCN(C)C(=O)[C@@H]1c2ccccc2CC(=O)N1Cc1ccccc1. The molecule has 2 aromatic carbocycles. The molecule has 4 heteroatoms. The molecule has 4 nitrogen and oxygen atoms in total. The first-order valence-corrected chi connectivity index (χ1v) is 8.78. The molecular weight excluding hydrogens is 312 g/mol. The van der Waals surface area contributed by atoms with Crippen LogP contribution in [0.25, 0.3) is 0 Å². The molecular formula is C21H24N2O2. The van der Waals surface area contributed by atoms with Crippen LogP contribution in [0, 0.1) is 0 Å². The molecule has 3 rings (SSSR count). The fourth-order valence-corrected chi connectivity index (χ4v) is 3.42. The van der Waals surface area contributed by atoms with Gasteiger partial charge in [0.25, 0.3) is 0 Å². The van der Waals surface area contributed by atoms with Crippen LogP contribution in [-0.2, 0) is 22.6 Å². The summed E-state index contributed by atoms with van der Waals surface area (Å²) in [7, 11) is 1.81. The van der Waals surface area contributed by atoms with E-state index in [0.717, 1.165) is 23.1 Å². The maximum atomic E-state index is 13.1. The molecule has 0 aliphatic carbocycles. The highest BCUT2D eigenvalue weighted by Crippen LogP contribution is 2.33. The minimum atomic E-state index is -0.547. The smallest absolute Gasteiger partial charge is 0.249 e. The number of carbonyl (C=O) groups is 2. The molecule has 130 valence electrons. The molecule has 0 saturated heterocycles. The van der Waals surface area contributed by atoms with Crippen molar-refractivity contribution in [1.29, 1.82) is 0 Å². The Balaban J connectivity index is 1.99. The van der Waals surface area contributed by atoms with Gasteiger partial charge < -0.3 is 9.80 Å². The van der Waals surface area contributed by atoms with Gasteiger partial charge in [0, 0.05) is 20.1 Å². The van der Waals surface area contributed by atoms with Crippen LogP contribution >= 0.6 is 0 Å². The van der Waals surface area contributed by atoms with Gasteiger partial charge in [-0.05, 0) is 23.1 Å². The molecule has 1 aliphatic rings. The highest BCUT2D eigenvalue weighted by molar-refractivity contribution is 5.92. The number of rotatable bonds is 5. The van der Waals surface area contributed by atoms with E-state index < -0.39 is 6.04 Å². The third-order valence-electron chi connectivity index (χ3n) is 4.69. The molecule has 1 heterocycles. The largest absolute Gasteiger partial charge is 0.344 e. The number of likely N-dealkylation sites (N-methyl/N-ethyl adjacent to an activating group) is 1. The molecule has 0 saturated carbocycles. The Morgan fingerprint density at radius 3 is 2.52 bits per heavy atom. The molecule has 0 spiro atoms. The van der Waals surface area contributed by atoms with Gasteiger partial charge in [0.2, 0.25) is 11.8 Å². The normalized spacial score (nSPS) is 16.5. The van der Waals surface area contributed by atoms with E-state index in [2.05, 4.69) is 0 Å². The number of fused-ring (bicyclic) bond motifs is 1. The average Bonchev–Trinajstić information content (AvgIpc) is 2.63. The topological polar surface area (TPSA) is 40.6 Å².